The summed E-state index contributed by atoms with van der Waals surface area (Å²) < 4.78 is 40.2. The van der Waals surface area contributed by atoms with Gasteiger partial charge in [-0.2, -0.15) is 0 Å². The molecule has 0 atom stereocenters. The Labute approximate surface area is 114 Å². The van der Waals surface area contributed by atoms with Crippen LogP contribution in [0.2, 0.25) is 0 Å². The summed E-state index contributed by atoms with van der Waals surface area (Å²) in [6.45, 7) is 0.419. The summed E-state index contributed by atoms with van der Waals surface area (Å²) >= 11 is 0. The van der Waals surface area contributed by atoms with Crippen molar-refractivity contribution in [1.82, 2.24) is 0 Å². The molecule has 0 saturated heterocycles. The van der Waals surface area contributed by atoms with Gasteiger partial charge < -0.3 is 15.8 Å². The van der Waals surface area contributed by atoms with Gasteiger partial charge in [-0.3, -0.25) is 0 Å². The number of nitrogen functional groups attached to an aromatic ring is 1. The highest BCUT2D eigenvalue weighted by atomic mass is 19.4. The summed E-state index contributed by atoms with van der Waals surface area (Å²) in [7, 11) is 0. The number of hydrogen-bond donors (Lipinski definition) is 2. The van der Waals surface area contributed by atoms with E-state index in [9.17, 15) is 13.2 Å². The number of nitrogens with two attached hydrogens (primary N) is 1. The van der Waals surface area contributed by atoms with Crippen LogP contribution in [0.25, 0.3) is 0 Å². The molecule has 3 N–H and O–H groups in total. The molecule has 0 aliphatic carbocycles. The Bertz CT molecular complexity index is 585. The SMILES string of the molecule is Nc1ccccc1CNc1cccc(OC(F)(F)F)c1. The highest BCUT2D eigenvalue weighted by molar-refractivity contribution is 5.52. The van der Waals surface area contributed by atoms with Crippen molar-refractivity contribution in [2.45, 2.75) is 12.9 Å². The van der Waals surface area contributed by atoms with Gasteiger partial charge in [0.05, 0.1) is 0 Å². The molecule has 2 aromatic rings. The lowest BCUT2D eigenvalue weighted by Gasteiger charge is -2.12. The average molecular weight is 282 g/mol. The Kier molecular flexibility index (Phi) is 4.02. The van der Waals surface area contributed by atoms with E-state index in [-0.39, 0.29) is 5.75 Å². The van der Waals surface area contributed by atoms with Gasteiger partial charge in [0, 0.05) is 24.0 Å². The number of alkyl halides is 3. The van der Waals surface area contributed by atoms with Gasteiger partial charge >= 0.3 is 6.36 Å². The zero-order chi connectivity index (χ0) is 14.6. The predicted octanol–water partition coefficient (Wildman–Crippen LogP) is 3.78. The van der Waals surface area contributed by atoms with Crippen molar-refractivity contribution in [3.8, 4) is 5.75 Å². The van der Waals surface area contributed by atoms with Crippen molar-refractivity contribution in [3.63, 3.8) is 0 Å². The van der Waals surface area contributed by atoms with Crippen LogP contribution in [-0.2, 0) is 6.54 Å². The number of para-hydroxylation sites is 1. The maximum atomic E-state index is 12.1. The zero-order valence-corrected chi connectivity index (χ0v) is 10.4. The number of hydrogen-bond acceptors (Lipinski definition) is 3. The molecule has 0 saturated carbocycles. The van der Waals surface area contributed by atoms with E-state index in [0.717, 1.165) is 5.56 Å². The molecule has 0 spiro atoms. The lowest BCUT2D eigenvalue weighted by atomic mass is 10.2. The van der Waals surface area contributed by atoms with E-state index in [1.54, 1.807) is 12.1 Å². The van der Waals surface area contributed by atoms with Gasteiger partial charge in [0.2, 0.25) is 0 Å². The molecule has 0 aliphatic heterocycles. The predicted molar refractivity (Wildman–Crippen MR) is 71.3 cm³/mol. The highest BCUT2D eigenvalue weighted by Crippen LogP contribution is 2.25. The number of halogens is 3. The van der Waals surface area contributed by atoms with Crippen LogP contribution in [0.4, 0.5) is 24.5 Å². The van der Waals surface area contributed by atoms with E-state index in [1.165, 1.54) is 18.2 Å². The fourth-order valence-electron chi connectivity index (χ4n) is 1.70. The molecule has 6 heteroatoms. The van der Waals surface area contributed by atoms with Gasteiger partial charge in [-0.05, 0) is 23.8 Å². The van der Waals surface area contributed by atoms with Gasteiger partial charge in [-0.25, -0.2) is 0 Å². The van der Waals surface area contributed by atoms with Crippen LogP contribution < -0.4 is 15.8 Å². The second-order valence-electron chi connectivity index (χ2n) is 4.13. The van der Waals surface area contributed by atoms with E-state index in [0.29, 0.717) is 17.9 Å². The first-order valence-corrected chi connectivity index (χ1v) is 5.87. The summed E-state index contributed by atoms with van der Waals surface area (Å²) in [5.41, 5.74) is 7.81. The van der Waals surface area contributed by atoms with Gasteiger partial charge in [-0.15, -0.1) is 13.2 Å². The molecule has 0 heterocycles. The molecule has 0 amide bonds. The topological polar surface area (TPSA) is 47.3 Å². The molecule has 3 nitrogen and oxygen atoms in total. The van der Waals surface area contributed by atoms with Crippen molar-refractivity contribution in [3.05, 3.63) is 54.1 Å². The third kappa shape index (κ3) is 4.08. The summed E-state index contributed by atoms with van der Waals surface area (Å²) in [6.07, 6.45) is -4.69. The number of benzene rings is 2. The first-order chi connectivity index (χ1) is 9.44. The Hall–Kier alpha value is -2.37. The first-order valence-electron chi connectivity index (χ1n) is 5.87. The molecule has 0 unspecified atom stereocenters. The van der Waals surface area contributed by atoms with E-state index in [2.05, 4.69) is 10.1 Å². The van der Waals surface area contributed by atoms with Gasteiger partial charge in [0.25, 0.3) is 0 Å². The van der Waals surface area contributed by atoms with E-state index in [1.807, 2.05) is 18.2 Å². The molecule has 2 rings (SSSR count). The van der Waals surface area contributed by atoms with Crippen molar-refractivity contribution < 1.29 is 17.9 Å². The van der Waals surface area contributed by atoms with Crippen molar-refractivity contribution in [2.75, 3.05) is 11.1 Å². The Morgan fingerprint density at radius 2 is 1.80 bits per heavy atom. The highest BCUT2D eigenvalue weighted by Gasteiger charge is 2.31. The Morgan fingerprint density at radius 3 is 2.50 bits per heavy atom. The van der Waals surface area contributed by atoms with Crippen LogP contribution in [0, 0.1) is 0 Å². The molecule has 106 valence electrons. The van der Waals surface area contributed by atoms with E-state index >= 15 is 0 Å². The zero-order valence-electron chi connectivity index (χ0n) is 10.4. The molecule has 0 aromatic heterocycles. The van der Waals surface area contributed by atoms with E-state index in [4.69, 9.17) is 5.73 Å². The van der Waals surface area contributed by atoms with Crippen LogP contribution in [0.3, 0.4) is 0 Å². The Morgan fingerprint density at radius 1 is 1.05 bits per heavy atom. The third-order valence-electron chi connectivity index (χ3n) is 2.61. The Balaban J connectivity index is 2.03. The summed E-state index contributed by atoms with van der Waals surface area (Å²) in [4.78, 5) is 0. The molecule has 0 aliphatic rings. The largest absolute Gasteiger partial charge is 0.573 e. The van der Waals surface area contributed by atoms with Crippen LogP contribution in [0.15, 0.2) is 48.5 Å². The smallest absolute Gasteiger partial charge is 0.406 e. The van der Waals surface area contributed by atoms with Crippen molar-refractivity contribution in [1.29, 1.82) is 0 Å². The van der Waals surface area contributed by atoms with Crippen LogP contribution >= 0.6 is 0 Å². The normalized spacial score (nSPS) is 11.2. The molecule has 20 heavy (non-hydrogen) atoms. The average Bonchev–Trinajstić information content (AvgIpc) is 2.36. The first kappa shape index (κ1) is 14.0. The maximum Gasteiger partial charge on any atom is 0.573 e. The fourth-order valence-corrected chi connectivity index (χ4v) is 1.70. The number of anilines is 2. The third-order valence-corrected chi connectivity index (χ3v) is 2.61. The van der Waals surface area contributed by atoms with Crippen LogP contribution in [0.1, 0.15) is 5.56 Å². The minimum Gasteiger partial charge on any atom is -0.406 e. The summed E-state index contributed by atoms with van der Waals surface area (Å²) in [5.74, 6) is -0.261. The van der Waals surface area contributed by atoms with Crippen molar-refractivity contribution >= 4 is 11.4 Å². The second kappa shape index (κ2) is 5.73. The number of ether oxygens (including phenoxy) is 1. The molecule has 0 radical (unpaired) electrons. The van der Waals surface area contributed by atoms with Gasteiger partial charge in [-0.1, -0.05) is 24.3 Å². The minimum atomic E-state index is -4.69. The van der Waals surface area contributed by atoms with E-state index < -0.39 is 6.36 Å². The van der Waals surface area contributed by atoms with Crippen LogP contribution in [0.5, 0.6) is 5.75 Å². The van der Waals surface area contributed by atoms with Crippen molar-refractivity contribution in [2.24, 2.45) is 0 Å². The minimum absolute atomic E-state index is 0.261. The van der Waals surface area contributed by atoms with Crippen LogP contribution in [-0.4, -0.2) is 6.36 Å². The second-order valence-corrected chi connectivity index (χ2v) is 4.13. The summed E-state index contributed by atoms with van der Waals surface area (Å²) in [5, 5.41) is 3.00. The monoisotopic (exact) mass is 282 g/mol. The molecular weight excluding hydrogens is 269 g/mol. The number of rotatable bonds is 4. The standard InChI is InChI=1S/C14H13F3N2O/c15-14(16,17)20-12-6-3-5-11(8-12)19-9-10-4-1-2-7-13(10)18/h1-8,19H,9,18H2. The summed E-state index contributed by atoms with van der Waals surface area (Å²) in [6, 6.07) is 12.9. The fraction of sp³-hybridized carbons (Fsp3) is 0.143. The lowest BCUT2D eigenvalue weighted by Crippen LogP contribution is -2.17. The van der Waals surface area contributed by atoms with Gasteiger partial charge in [0.1, 0.15) is 5.75 Å². The molecular formula is C14H13F3N2O. The molecule has 2 aromatic carbocycles. The lowest BCUT2D eigenvalue weighted by molar-refractivity contribution is -0.274. The molecule has 0 fully saturated rings. The van der Waals surface area contributed by atoms with Gasteiger partial charge in [0.15, 0.2) is 0 Å². The molecule has 0 bridgehead atoms. The number of nitrogens with one attached hydrogen (secondary N) is 1. The maximum absolute atomic E-state index is 12.1. The quantitative estimate of drug-likeness (QED) is 0.839.